The van der Waals surface area contributed by atoms with Crippen molar-refractivity contribution in [1.29, 1.82) is 0 Å². The van der Waals surface area contributed by atoms with Gasteiger partial charge in [0, 0.05) is 16.1 Å². The number of hydrogen-bond acceptors (Lipinski definition) is 2. The van der Waals surface area contributed by atoms with E-state index in [9.17, 15) is 4.79 Å². The number of primary amides is 1. The lowest BCUT2D eigenvalue weighted by atomic mass is 9.95. The molecule has 102 valence electrons. The van der Waals surface area contributed by atoms with Gasteiger partial charge >= 0.3 is 0 Å². The molecule has 4 rings (SSSR count). The Morgan fingerprint density at radius 2 is 2.05 bits per heavy atom. The average Bonchev–Trinajstić information content (AvgIpc) is 3.30. The van der Waals surface area contributed by atoms with Crippen molar-refractivity contribution in [2.24, 2.45) is 11.1 Å². The quantitative estimate of drug-likeness (QED) is 0.899. The largest absolute Gasteiger partial charge is 0.369 e. The number of nitrogens with two attached hydrogens (primary N) is 1. The Morgan fingerprint density at radius 3 is 2.65 bits per heavy atom. The minimum Gasteiger partial charge on any atom is -0.369 e. The summed E-state index contributed by atoms with van der Waals surface area (Å²) in [7, 11) is 0. The monoisotopic (exact) mass is 350 g/mol. The van der Waals surface area contributed by atoms with E-state index < -0.39 is 5.41 Å². The third-order valence-corrected chi connectivity index (χ3v) is 6.05. The van der Waals surface area contributed by atoms with Gasteiger partial charge in [-0.1, -0.05) is 11.6 Å². The first kappa shape index (κ1) is 12.6. The first-order valence-corrected chi connectivity index (χ1v) is 7.71. The van der Waals surface area contributed by atoms with Crippen LogP contribution in [0, 0.1) is 5.41 Å². The van der Waals surface area contributed by atoms with Crippen LogP contribution in [0.4, 0.5) is 0 Å². The zero-order valence-electron chi connectivity index (χ0n) is 10.6. The number of rotatable bonds is 2. The third kappa shape index (κ3) is 1.46. The molecule has 0 aliphatic heterocycles. The molecule has 1 heterocycles. The molecule has 1 aromatic heterocycles. The Hall–Kier alpha value is -1.13. The fraction of sp³-hybridized carbons (Fsp3) is 0.333. The molecule has 1 atom stereocenters. The number of hydrogen-bond donors (Lipinski definition) is 1. The Bertz CT molecular complexity index is 772. The van der Waals surface area contributed by atoms with Gasteiger partial charge in [0.15, 0.2) is 0 Å². The highest BCUT2D eigenvalue weighted by Crippen LogP contribution is 2.78. The summed E-state index contributed by atoms with van der Waals surface area (Å²) < 4.78 is 0.842. The molecule has 2 N–H and O–H groups in total. The topological polar surface area (TPSA) is 56.0 Å². The van der Waals surface area contributed by atoms with Crippen molar-refractivity contribution >= 4 is 44.2 Å². The second kappa shape index (κ2) is 3.74. The van der Waals surface area contributed by atoms with Gasteiger partial charge in [0.25, 0.3) is 0 Å². The fourth-order valence-corrected chi connectivity index (χ4v) is 3.96. The molecule has 1 amide bonds. The molecule has 0 radical (unpaired) electrons. The number of nitrogens with zero attached hydrogens (tertiary/aromatic N) is 1. The van der Waals surface area contributed by atoms with Crippen molar-refractivity contribution in [1.82, 2.24) is 4.98 Å². The lowest BCUT2D eigenvalue weighted by Gasteiger charge is -2.13. The van der Waals surface area contributed by atoms with Crippen LogP contribution in [0.2, 0.25) is 5.02 Å². The number of aromatic nitrogens is 1. The van der Waals surface area contributed by atoms with Gasteiger partial charge in [-0.3, -0.25) is 9.78 Å². The van der Waals surface area contributed by atoms with E-state index in [2.05, 4.69) is 20.9 Å². The maximum absolute atomic E-state index is 11.9. The van der Waals surface area contributed by atoms with Crippen LogP contribution in [-0.2, 0) is 10.2 Å². The van der Waals surface area contributed by atoms with Crippen molar-refractivity contribution in [3.8, 4) is 0 Å². The molecule has 5 heteroatoms. The number of fused-ring (bicyclic) bond motifs is 1. The van der Waals surface area contributed by atoms with E-state index >= 15 is 0 Å². The van der Waals surface area contributed by atoms with Gasteiger partial charge in [0.05, 0.1) is 16.1 Å². The molecule has 0 bridgehead atoms. The van der Waals surface area contributed by atoms with Crippen LogP contribution >= 0.6 is 27.5 Å². The molecule has 0 saturated heterocycles. The molecule has 1 aromatic carbocycles. The van der Waals surface area contributed by atoms with Crippen LogP contribution in [0.3, 0.4) is 0 Å². The number of halogens is 2. The first-order chi connectivity index (χ1) is 9.48. The number of pyridine rings is 1. The highest BCUT2D eigenvalue weighted by molar-refractivity contribution is 9.10. The summed E-state index contributed by atoms with van der Waals surface area (Å²) in [6.45, 7) is 0. The van der Waals surface area contributed by atoms with Crippen molar-refractivity contribution in [3.05, 3.63) is 39.6 Å². The minimum absolute atomic E-state index is 0.114. The number of carbonyl (C=O) groups is 1. The molecule has 2 aliphatic carbocycles. The van der Waals surface area contributed by atoms with E-state index in [1.54, 1.807) is 6.20 Å². The van der Waals surface area contributed by atoms with E-state index in [1.165, 1.54) is 0 Å². The van der Waals surface area contributed by atoms with Gasteiger partial charge in [0.2, 0.25) is 5.91 Å². The fourth-order valence-electron chi connectivity index (χ4n) is 3.43. The SMILES string of the molecule is NC(=O)C1(c2cc3cc(Br)c(Cl)cc3cn2)CC12CC2. The number of amides is 1. The summed E-state index contributed by atoms with van der Waals surface area (Å²) in [5, 5.41) is 2.64. The van der Waals surface area contributed by atoms with E-state index in [1.807, 2.05) is 18.2 Å². The standard InChI is InChI=1S/C15H12BrClN2O/c16-10-3-8-5-12(19-6-9(8)4-11(10)17)15(13(18)20)7-14(15)1-2-14/h3-6H,1-2,7H2,(H2,18,20). The Morgan fingerprint density at radius 1 is 1.30 bits per heavy atom. The maximum Gasteiger partial charge on any atom is 0.230 e. The molecule has 1 spiro atoms. The summed E-state index contributed by atoms with van der Waals surface area (Å²) in [4.78, 5) is 16.4. The summed E-state index contributed by atoms with van der Waals surface area (Å²) in [6.07, 6.45) is 4.80. The van der Waals surface area contributed by atoms with Crippen LogP contribution in [0.25, 0.3) is 10.8 Å². The number of benzene rings is 1. The van der Waals surface area contributed by atoms with E-state index in [0.29, 0.717) is 5.02 Å². The molecule has 2 saturated carbocycles. The third-order valence-electron chi connectivity index (χ3n) is 4.86. The predicted molar refractivity (Wildman–Crippen MR) is 81.6 cm³/mol. The summed E-state index contributed by atoms with van der Waals surface area (Å²) in [5.74, 6) is -0.241. The minimum atomic E-state index is -0.534. The van der Waals surface area contributed by atoms with Gasteiger partial charge in [-0.05, 0) is 64.2 Å². The lowest BCUT2D eigenvalue weighted by molar-refractivity contribution is -0.121. The van der Waals surface area contributed by atoms with E-state index in [0.717, 1.165) is 40.2 Å². The molecule has 2 aliphatic rings. The Labute approximate surface area is 129 Å². The molecule has 3 nitrogen and oxygen atoms in total. The van der Waals surface area contributed by atoms with Crippen molar-refractivity contribution in [2.45, 2.75) is 24.7 Å². The van der Waals surface area contributed by atoms with Gasteiger partial charge in [0.1, 0.15) is 0 Å². The molecular weight excluding hydrogens is 340 g/mol. The maximum atomic E-state index is 11.9. The van der Waals surface area contributed by atoms with Gasteiger partial charge < -0.3 is 5.73 Å². The van der Waals surface area contributed by atoms with Crippen LogP contribution in [0.1, 0.15) is 25.0 Å². The molecule has 2 aromatic rings. The van der Waals surface area contributed by atoms with E-state index in [4.69, 9.17) is 17.3 Å². The summed E-state index contributed by atoms with van der Waals surface area (Å²) >= 11 is 9.51. The molecule has 1 unspecified atom stereocenters. The zero-order valence-corrected chi connectivity index (χ0v) is 13.0. The lowest BCUT2D eigenvalue weighted by Crippen LogP contribution is -2.31. The van der Waals surface area contributed by atoms with Gasteiger partial charge in [-0.2, -0.15) is 0 Å². The molecule has 2 fully saturated rings. The van der Waals surface area contributed by atoms with Crippen molar-refractivity contribution in [3.63, 3.8) is 0 Å². The van der Waals surface area contributed by atoms with Crippen molar-refractivity contribution < 1.29 is 4.79 Å². The van der Waals surface area contributed by atoms with Crippen LogP contribution in [0.5, 0.6) is 0 Å². The highest BCUT2D eigenvalue weighted by Gasteiger charge is 2.78. The van der Waals surface area contributed by atoms with Gasteiger partial charge in [-0.25, -0.2) is 0 Å². The zero-order chi connectivity index (χ0) is 14.1. The number of carbonyl (C=O) groups excluding carboxylic acids is 1. The van der Waals surface area contributed by atoms with E-state index in [-0.39, 0.29) is 11.3 Å². The summed E-state index contributed by atoms with van der Waals surface area (Å²) in [5.41, 5.74) is 6.06. The van der Waals surface area contributed by atoms with Crippen LogP contribution in [0.15, 0.2) is 28.9 Å². The average molecular weight is 352 g/mol. The Balaban J connectivity index is 1.89. The normalized spacial score (nSPS) is 25.9. The highest BCUT2D eigenvalue weighted by atomic mass is 79.9. The molecule has 20 heavy (non-hydrogen) atoms. The summed E-state index contributed by atoms with van der Waals surface area (Å²) in [6, 6.07) is 5.81. The van der Waals surface area contributed by atoms with Crippen molar-refractivity contribution in [2.75, 3.05) is 0 Å². The molecular formula is C15H12BrClN2O. The first-order valence-electron chi connectivity index (χ1n) is 6.54. The second-order valence-corrected chi connectivity index (χ2v) is 7.17. The Kier molecular flexibility index (Phi) is 2.36. The predicted octanol–water partition coefficient (Wildman–Crippen LogP) is 3.56. The smallest absolute Gasteiger partial charge is 0.230 e. The second-order valence-electron chi connectivity index (χ2n) is 5.91. The van der Waals surface area contributed by atoms with Gasteiger partial charge in [-0.15, -0.1) is 0 Å². The van der Waals surface area contributed by atoms with Crippen LogP contribution < -0.4 is 5.73 Å². The van der Waals surface area contributed by atoms with Crippen LogP contribution in [-0.4, -0.2) is 10.9 Å².